The molecule has 1 heterocycles. The lowest BCUT2D eigenvalue weighted by Gasteiger charge is -2.22. The number of aliphatic hydroxyl groups excluding tert-OH is 1. The zero-order valence-electron chi connectivity index (χ0n) is 11.1. The SMILES string of the molecule is C[C@@H](O)c1ccc(CNC(=O)[C@@H]2CNCCO2)cc1. The van der Waals surface area contributed by atoms with E-state index < -0.39 is 12.2 Å². The Morgan fingerprint density at radius 2 is 2.26 bits per heavy atom. The maximum Gasteiger partial charge on any atom is 0.250 e. The van der Waals surface area contributed by atoms with Crippen LogP contribution in [-0.2, 0) is 16.1 Å². The number of aliphatic hydroxyl groups is 1. The van der Waals surface area contributed by atoms with E-state index in [-0.39, 0.29) is 5.91 Å². The van der Waals surface area contributed by atoms with Crippen LogP contribution in [0.15, 0.2) is 24.3 Å². The normalized spacial score (nSPS) is 20.8. The summed E-state index contributed by atoms with van der Waals surface area (Å²) in [5.41, 5.74) is 1.87. The molecule has 1 aromatic carbocycles. The second-order valence-electron chi connectivity index (χ2n) is 4.70. The molecule has 104 valence electrons. The fourth-order valence-corrected chi connectivity index (χ4v) is 1.95. The Bertz CT molecular complexity index is 411. The van der Waals surface area contributed by atoms with E-state index in [1.807, 2.05) is 24.3 Å². The molecular formula is C14H20N2O3. The zero-order chi connectivity index (χ0) is 13.7. The molecule has 1 amide bonds. The van der Waals surface area contributed by atoms with Crippen molar-refractivity contribution in [2.45, 2.75) is 25.7 Å². The molecule has 5 heteroatoms. The number of amides is 1. The van der Waals surface area contributed by atoms with Crippen LogP contribution < -0.4 is 10.6 Å². The molecule has 1 fully saturated rings. The van der Waals surface area contributed by atoms with Gasteiger partial charge in [-0.15, -0.1) is 0 Å². The highest BCUT2D eigenvalue weighted by molar-refractivity contribution is 5.81. The zero-order valence-corrected chi connectivity index (χ0v) is 11.1. The maximum atomic E-state index is 11.8. The first-order chi connectivity index (χ1) is 9.16. The Hall–Kier alpha value is -1.43. The van der Waals surface area contributed by atoms with Gasteiger partial charge in [-0.25, -0.2) is 0 Å². The van der Waals surface area contributed by atoms with Crippen molar-refractivity contribution in [3.8, 4) is 0 Å². The second-order valence-corrected chi connectivity index (χ2v) is 4.70. The van der Waals surface area contributed by atoms with Crippen molar-refractivity contribution in [1.82, 2.24) is 10.6 Å². The molecule has 1 aromatic rings. The van der Waals surface area contributed by atoms with Crippen molar-refractivity contribution < 1.29 is 14.6 Å². The highest BCUT2D eigenvalue weighted by atomic mass is 16.5. The molecule has 2 rings (SSSR count). The van der Waals surface area contributed by atoms with Crippen LogP contribution in [0, 0.1) is 0 Å². The number of morpholine rings is 1. The summed E-state index contributed by atoms with van der Waals surface area (Å²) in [5.74, 6) is -0.0909. The summed E-state index contributed by atoms with van der Waals surface area (Å²) in [6.45, 7) is 4.13. The minimum Gasteiger partial charge on any atom is -0.389 e. The van der Waals surface area contributed by atoms with Crippen LogP contribution in [0.1, 0.15) is 24.2 Å². The van der Waals surface area contributed by atoms with Crippen LogP contribution in [0.3, 0.4) is 0 Å². The van der Waals surface area contributed by atoms with Crippen LogP contribution in [-0.4, -0.2) is 36.8 Å². The number of benzene rings is 1. The van der Waals surface area contributed by atoms with E-state index in [0.717, 1.165) is 17.7 Å². The Balaban J connectivity index is 1.82. The summed E-state index contributed by atoms with van der Waals surface area (Å²) in [6, 6.07) is 7.54. The van der Waals surface area contributed by atoms with E-state index in [1.165, 1.54) is 0 Å². The highest BCUT2D eigenvalue weighted by Crippen LogP contribution is 2.12. The Morgan fingerprint density at radius 3 is 2.84 bits per heavy atom. The average molecular weight is 264 g/mol. The number of hydrogen-bond acceptors (Lipinski definition) is 4. The number of hydrogen-bond donors (Lipinski definition) is 3. The molecule has 19 heavy (non-hydrogen) atoms. The Kier molecular flexibility index (Phi) is 4.90. The summed E-state index contributed by atoms with van der Waals surface area (Å²) in [6.07, 6.45) is -0.865. The lowest BCUT2D eigenvalue weighted by molar-refractivity contribution is -0.134. The number of carbonyl (C=O) groups is 1. The van der Waals surface area contributed by atoms with Gasteiger partial charge in [0.15, 0.2) is 0 Å². The molecule has 0 spiro atoms. The van der Waals surface area contributed by atoms with Crippen LogP contribution in [0.2, 0.25) is 0 Å². The highest BCUT2D eigenvalue weighted by Gasteiger charge is 2.21. The standard InChI is InChI=1S/C14H20N2O3/c1-10(17)12-4-2-11(3-5-12)8-16-14(18)13-9-15-6-7-19-13/h2-5,10,13,15,17H,6-9H2,1H3,(H,16,18)/t10-,13+/m1/s1. The molecular weight excluding hydrogens is 244 g/mol. The van der Waals surface area contributed by atoms with Gasteiger partial charge in [0.25, 0.3) is 5.91 Å². The van der Waals surface area contributed by atoms with Crippen molar-refractivity contribution in [2.75, 3.05) is 19.7 Å². The Morgan fingerprint density at radius 1 is 1.53 bits per heavy atom. The molecule has 5 nitrogen and oxygen atoms in total. The number of ether oxygens (including phenoxy) is 1. The summed E-state index contributed by atoms with van der Waals surface area (Å²) < 4.78 is 5.37. The van der Waals surface area contributed by atoms with Crippen LogP contribution >= 0.6 is 0 Å². The minimum atomic E-state index is -0.467. The molecule has 1 aliphatic rings. The van der Waals surface area contributed by atoms with Gasteiger partial charge < -0.3 is 20.5 Å². The molecule has 0 bridgehead atoms. The first-order valence-corrected chi connectivity index (χ1v) is 6.54. The van der Waals surface area contributed by atoms with Crippen molar-refractivity contribution >= 4 is 5.91 Å². The van der Waals surface area contributed by atoms with Gasteiger partial charge in [0.1, 0.15) is 6.10 Å². The fraction of sp³-hybridized carbons (Fsp3) is 0.500. The lowest BCUT2D eigenvalue weighted by atomic mass is 10.1. The van der Waals surface area contributed by atoms with E-state index in [2.05, 4.69) is 10.6 Å². The molecule has 2 atom stereocenters. The Labute approximate surface area is 113 Å². The van der Waals surface area contributed by atoms with Crippen molar-refractivity contribution in [2.24, 2.45) is 0 Å². The predicted molar refractivity (Wildman–Crippen MR) is 71.5 cm³/mol. The number of nitrogens with one attached hydrogen (secondary N) is 2. The molecule has 0 aliphatic carbocycles. The minimum absolute atomic E-state index is 0.0909. The third-order valence-corrected chi connectivity index (χ3v) is 3.15. The van der Waals surface area contributed by atoms with Crippen molar-refractivity contribution in [3.05, 3.63) is 35.4 Å². The van der Waals surface area contributed by atoms with Gasteiger partial charge in [0.2, 0.25) is 0 Å². The number of carbonyl (C=O) groups excluding carboxylic acids is 1. The fourth-order valence-electron chi connectivity index (χ4n) is 1.95. The van der Waals surface area contributed by atoms with E-state index in [9.17, 15) is 9.90 Å². The molecule has 0 saturated carbocycles. The number of rotatable bonds is 4. The molecule has 0 unspecified atom stereocenters. The average Bonchev–Trinajstić information content (AvgIpc) is 2.46. The van der Waals surface area contributed by atoms with Gasteiger partial charge in [0.05, 0.1) is 12.7 Å². The quantitative estimate of drug-likeness (QED) is 0.733. The van der Waals surface area contributed by atoms with Gasteiger partial charge in [-0.3, -0.25) is 4.79 Å². The van der Waals surface area contributed by atoms with E-state index in [1.54, 1.807) is 6.92 Å². The third kappa shape index (κ3) is 4.02. The van der Waals surface area contributed by atoms with Gasteiger partial charge in [0, 0.05) is 19.6 Å². The molecule has 1 saturated heterocycles. The van der Waals surface area contributed by atoms with Gasteiger partial charge in [-0.1, -0.05) is 24.3 Å². The summed E-state index contributed by atoms with van der Waals surface area (Å²) in [4.78, 5) is 11.8. The molecule has 3 N–H and O–H groups in total. The monoisotopic (exact) mass is 264 g/mol. The van der Waals surface area contributed by atoms with E-state index in [4.69, 9.17) is 4.74 Å². The third-order valence-electron chi connectivity index (χ3n) is 3.15. The molecule has 1 aliphatic heterocycles. The summed E-state index contributed by atoms with van der Waals surface area (Å²) in [5, 5.41) is 15.4. The van der Waals surface area contributed by atoms with E-state index in [0.29, 0.717) is 19.7 Å². The largest absolute Gasteiger partial charge is 0.389 e. The van der Waals surface area contributed by atoms with Crippen LogP contribution in [0.4, 0.5) is 0 Å². The lowest BCUT2D eigenvalue weighted by Crippen LogP contribution is -2.47. The van der Waals surface area contributed by atoms with Crippen LogP contribution in [0.25, 0.3) is 0 Å². The molecule has 0 radical (unpaired) electrons. The van der Waals surface area contributed by atoms with Gasteiger partial charge in [-0.05, 0) is 18.1 Å². The van der Waals surface area contributed by atoms with Crippen molar-refractivity contribution in [3.63, 3.8) is 0 Å². The molecule has 0 aromatic heterocycles. The maximum absolute atomic E-state index is 11.8. The smallest absolute Gasteiger partial charge is 0.250 e. The van der Waals surface area contributed by atoms with Gasteiger partial charge >= 0.3 is 0 Å². The summed E-state index contributed by atoms with van der Waals surface area (Å²) >= 11 is 0. The first-order valence-electron chi connectivity index (χ1n) is 6.54. The summed E-state index contributed by atoms with van der Waals surface area (Å²) in [7, 11) is 0. The van der Waals surface area contributed by atoms with E-state index >= 15 is 0 Å². The second kappa shape index (κ2) is 6.65. The van der Waals surface area contributed by atoms with Gasteiger partial charge in [-0.2, -0.15) is 0 Å². The first kappa shape index (κ1) is 14.0. The van der Waals surface area contributed by atoms with Crippen LogP contribution in [0.5, 0.6) is 0 Å². The van der Waals surface area contributed by atoms with Crippen molar-refractivity contribution in [1.29, 1.82) is 0 Å². The predicted octanol–water partition coefficient (Wildman–Crippen LogP) is 0.345. The topological polar surface area (TPSA) is 70.6 Å².